The molecule has 5 heteroatoms. The number of pyridine rings is 1. The van der Waals surface area contributed by atoms with Gasteiger partial charge in [0.05, 0.1) is 11.1 Å². The third-order valence-corrected chi connectivity index (χ3v) is 9.56. The van der Waals surface area contributed by atoms with E-state index in [2.05, 4.69) is 57.0 Å². The molecule has 2 nitrogen and oxygen atoms in total. The van der Waals surface area contributed by atoms with Gasteiger partial charge in [-0.1, -0.05) is 156 Å². The number of fused-ring (bicyclic) bond motifs is 2. The number of nitrogens with one attached hydrogen (secondary N) is 1. The van der Waals surface area contributed by atoms with Crippen molar-refractivity contribution in [3.05, 3.63) is 94.6 Å². The van der Waals surface area contributed by atoms with Crippen molar-refractivity contribution in [3.63, 3.8) is 0 Å². The lowest BCUT2D eigenvalue weighted by Crippen LogP contribution is -2.07. The fourth-order valence-corrected chi connectivity index (χ4v) is 6.43. The van der Waals surface area contributed by atoms with E-state index in [0.717, 1.165) is 58.0 Å². The number of aromatic nitrogens is 1. The molecule has 5 rings (SSSR count). The highest BCUT2D eigenvalue weighted by atomic mass is 19.4. The maximum Gasteiger partial charge on any atom is 0.416 e. The van der Waals surface area contributed by atoms with E-state index >= 15 is 0 Å². The minimum Gasteiger partial charge on any atom is -0.366 e. The Bertz CT molecular complexity index is 1480. The SMILES string of the molecule is C=Cc1c(C)c(NCc2ccc(C(F)(F)F)cc2)nc2ccc(C3=CCC4CCCC4=C3)cc12.CC.CC.CC.CCCCCCC[C@@H](C)CC. The van der Waals surface area contributed by atoms with Crippen molar-refractivity contribution in [1.29, 1.82) is 0 Å². The van der Waals surface area contributed by atoms with E-state index in [1.54, 1.807) is 5.57 Å². The molecule has 2 aliphatic carbocycles. The molecule has 1 unspecified atom stereocenters. The molecular formula is C46H69F3N2. The molecule has 51 heavy (non-hydrogen) atoms. The molecule has 1 N–H and O–H groups in total. The molecule has 0 radical (unpaired) electrons. The Hall–Kier alpha value is -3.34. The minimum atomic E-state index is -4.33. The molecular weight excluding hydrogens is 638 g/mol. The first kappa shape index (κ1) is 45.7. The van der Waals surface area contributed by atoms with Gasteiger partial charge in [-0.3, -0.25) is 0 Å². The molecule has 1 aromatic heterocycles. The molecule has 1 saturated carbocycles. The molecule has 3 aromatic rings. The molecule has 284 valence electrons. The third kappa shape index (κ3) is 14.3. The van der Waals surface area contributed by atoms with Crippen molar-refractivity contribution < 1.29 is 13.2 Å². The normalized spacial score (nSPS) is 15.1. The predicted molar refractivity (Wildman–Crippen MR) is 220 cm³/mol. The third-order valence-electron chi connectivity index (χ3n) is 9.56. The van der Waals surface area contributed by atoms with Crippen molar-refractivity contribution in [3.8, 4) is 0 Å². The molecule has 2 aliphatic rings. The second kappa shape index (κ2) is 24.8. The zero-order chi connectivity index (χ0) is 38.4. The molecule has 0 aliphatic heterocycles. The second-order valence-corrected chi connectivity index (χ2v) is 12.9. The zero-order valence-electron chi connectivity index (χ0n) is 33.7. The minimum absolute atomic E-state index is 0.383. The fraction of sp³-hybridized carbons (Fsp3) is 0.543. The van der Waals surface area contributed by atoms with Crippen molar-refractivity contribution >= 4 is 28.4 Å². The Morgan fingerprint density at radius 3 is 2.22 bits per heavy atom. The summed E-state index contributed by atoms with van der Waals surface area (Å²) >= 11 is 0. The summed E-state index contributed by atoms with van der Waals surface area (Å²) in [6.45, 7) is 25.3. The molecule has 0 saturated heterocycles. The van der Waals surface area contributed by atoms with Crippen LogP contribution in [-0.2, 0) is 12.7 Å². The van der Waals surface area contributed by atoms with Gasteiger partial charge in [0, 0.05) is 11.9 Å². The maximum absolute atomic E-state index is 12.8. The first-order valence-electron chi connectivity index (χ1n) is 20.0. The lowest BCUT2D eigenvalue weighted by atomic mass is 9.87. The molecule has 0 amide bonds. The monoisotopic (exact) mass is 707 g/mol. The Morgan fingerprint density at radius 2 is 1.61 bits per heavy atom. The lowest BCUT2D eigenvalue weighted by molar-refractivity contribution is -0.137. The van der Waals surface area contributed by atoms with E-state index in [1.165, 1.54) is 87.5 Å². The highest BCUT2D eigenvalue weighted by Gasteiger charge is 2.30. The molecule has 1 fully saturated rings. The highest BCUT2D eigenvalue weighted by Crippen LogP contribution is 2.40. The van der Waals surface area contributed by atoms with Crippen molar-refractivity contribution in [1.82, 2.24) is 4.98 Å². The summed E-state index contributed by atoms with van der Waals surface area (Å²) in [5.41, 5.74) is 7.02. The van der Waals surface area contributed by atoms with Crippen molar-refractivity contribution in [2.45, 2.75) is 153 Å². The largest absolute Gasteiger partial charge is 0.416 e. The fourth-order valence-electron chi connectivity index (χ4n) is 6.43. The van der Waals surface area contributed by atoms with Crippen LogP contribution in [0, 0.1) is 18.8 Å². The van der Waals surface area contributed by atoms with E-state index in [0.29, 0.717) is 12.4 Å². The molecule has 0 spiro atoms. The van der Waals surface area contributed by atoms with Gasteiger partial charge in [0.15, 0.2) is 0 Å². The van der Waals surface area contributed by atoms with Gasteiger partial charge in [0.1, 0.15) is 5.82 Å². The summed E-state index contributed by atoms with van der Waals surface area (Å²) in [6, 6.07) is 11.6. The maximum atomic E-state index is 12.8. The van der Waals surface area contributed by atoms with Gasteiger partial charge in [0.25, 0.3) is 0 Å². The van der Waals surface area contributed by atoms with Gasteiger partial charge >= 0.3 is 6.18 Å². The number of allylic oxidation sites excluding steroid dienone is 4. The van der Waals surface area contributed by atoms with Gasteiger partial charge in [-0.05, 0) is 96.5 Å². The quantitative estimate of drug-likeness (QED) is 0.190. The summed E-state index contributed by atoms with van der Waals surface area (Å²) in [5, 5.41) is 4.35. The number of alkyl halides is 3. The summed E-state index contributed by atoms with van der Waals surface area (Å²) in [6.07, 6.45) is 17.1. The Labute approximate surface area is 310 Å². The summed E-state index contributed by atoms with van der Waals surface area (Å²) in [7, 11) is 0. The van der Waals surface area contributed by atoms with Crippen molar-refractivity contribution in [2.24, 2.45) is 11.8 Å². The topological polar surface area (TPSA) is 24.9 Å². The van der Waals surface area contributed by atoms with Crippen molar-refractivity contribution in [2.75, 3.05) is 5.32 Å². The lowest BCUT2D eigenvalue weighted by Gasteiger charge is -2.18. The summed E-state index contributed by atoms with van der Waals surface area (Å²) in [5.74, 6) is 2.40. The number of hydrogen-bond donors (Lipinski definition) is 1. The number of hydrogen-bond acceptors (Lipinski definition) is 2. The Balaban J connectivity index is 0.000000649. The number of anilines is 1. The van der Waals surface area contributed by atoms with Crippen LogP contribution in [0.1, 0.15) is 161 Å². The number of benzene rings is 2. The van der Waals surface area contributed by atoms with Crippen LogP contribution in [0.3, 0.4) is 0 Å². The van der Waals surface area contributed by atoms with Crippen LogP contribution in [0.25, 0.3) is 22.6 Å². The van der Waals surface area contributed by atoms with Crippen LogP contribution < -0.4 is 5.32 Å². The zero-order valence-corrected chi connectivity index (χ0v) is 33.7. The molecule has 0 bridgehead atoms. The second-order valence-electron chi connectivity index (χ2n) is 12.9. The standard InChI is InChI=1S/C29H27F3N2.C11H24.3C2H6/c1-3-25-18(2)28(33-17-19-7-12-24(13-8-19)29(30,31)32)34-27-14-11-23(16-26(25)27)22-10-9-20-5-4-6-21(20)15-22;1-4-6-7-8-9-10-11(3)5-2;3*1-2/h3,7-8,10-16,20H,1,4-6,9,17H2,2H3,(H,33,34);11H,4-10H2,1-3H3;3*1-2H3/t;11-;;;/m.0.../s1. The number of nitrogens with zero attached hydrogens (tertiary/aromatic N) is 1. The van der Waals surface area contributed by atoms with Crippen LogP contribution in [0.5, 0.6) is 0 Å². The van der Waals surface area contributed by atoms with E-state index in [9.17, 15) is 13.2 Å². The molecule has 1 heterocycles. The van der Waals surface area contributed by atoms with Crippen LogP contribution in [0.4, 0.5) is 19.0 Å². The molecule has 2 aromatic carbocycles. The van der Waals surface area contributed by atoms with Gasteiger partial charge in [-0.2, -0.15) is 13.2 Å². The van der Waals surface area contributed by atoms with Crippen LogP contribution in [0.15, 0.2) is 66.8 Å². The van der Waals surface area contributed by atoms with E-state index in [4.69, 9.17) is 4.98 Å². The number of rotatable bonds is 12. The Morgan fingerprint density at radius 1 is 0.941 bits per heavy atom. The average molecular weight is 707 g/mol. The summed E-state index contributed by atoms with van der Waals surface area (Å²) < 4.78 is 38.5. The van der Waals surface area contributed by atoms with Crippen LogP contribution in [-0.4, -0.2) is 4.98 Å². The smallest absolute Gasteiger partial charge is 0.366 e. The first-order chi connectivity index (χ1) is 24.6. The van der Waals surface area contributed by atoms with Gasteiger partial charge in [-0.25, -0.2) is 4.98 Å². The van der Waals surface area contributed by atoms with E-state index in [-0.39, 0.29) is 0 Å². The highest BCUT2D eigenvalue weighted by molar-refractivity contribution is 5.94. The number of halogens is 3. The molecule has 2 atom stereocenters. The van der Waals surface area contributed by atoms with Crippen LogP contribution in [0.2, 0.25) is 0 Å². The first-order valence-corrected chi connectivity index (χ1v) is 20.0. The number of unbranched alkanes of at least 4 members (excludes halogenated alkanes) is 4. The van der Waals surface area contributed by atoms with Gasteiger partial charge in [0.2, 0.25) is 0 Å². The van der Waals surface area contributed by atoms with Gasteiger partial charge < -0.3 is 5.32 Å². The van der Waals surface area contributed by atoms with Crippen LogP contribution >= 0.6 is 0 Å². The predicted octanol–water partition coefficient (Wildman–Crippen LogP) is 15.8. The average Bonchev–Trinajstić information content (AvgIpc) is 3.64. The van der Waals surface area contributed by atoms with Gasteiger partial charge in [-0.15, -0.1) is 0 Å². The van der Waals surface area contributed by atoms with E-state index in [1.807, 2.05) is 60.6 Å². The Kier molecular flexibility index (Phi) is 22.2. The summed E-state index contributed by atoms with van der Waals surface area (Å²) in [4.78, 5) is 4.82. The van der Waals surface area contributed by atoms with E-state index < -0.39 is 11.7 Å².